The maximum Gasteiger partial charge on any atom is 0.514 e. The van der Waals surface area contributed by atoms with Gasteiger partial charge in [-0.05, 0) is 44.9 Å². The lowest BCUT2D eigenvalue weighted by Crippen LogP contribution is -2.36. The molecular weight excluding hydrogens is 1000 g/mol. The summed E-state index contributed by atoms with van der Waals surface area (Å²) in [6, 6.07) is 1.35. The lowest BCUT2D eigenvalue weighted by Gasteiger charge is -2.24. The van der Waals surface area contributed by atoms with Crippen LogP contribution in [0.1, 0.15) is 43.9 Å². The molecule has 0 saturated carbocycles. The summed E-state index contributed by atoms with van der Waals surface area (Å²) >= 11 is 0. The normalized spacial score (nSPS) is 11.1. The quantitative estimate of drug-likeness (QED) is 0.0241. The first-order chi connectivity index (χ1) is 32.6. The topological polar surface area (TPSA) is 174 Å². The second-order valence-corrected chi connectivity index (χ2v) is 14.4. The summed E-state index contributed by atoms with van der Waals surface area (Å²) in [6.07, 6.45) is -9.12. The Hall–Kier alpha value is -7.82. The van der Waals surface area contributed by atoms with E-state index in [4.69, 9.17) is 9.47 Å². The SMILES string of the molecule is CN(CCCNC(=O)Oc1c(COC(=O)Oc2c(F)c(F)c(F)c(F)c2F)cc(COC(=O)Oc2c(F)c(F)c(F)c(F)c2F)cc1COC(=O)Oc1c(F)c(F)c(F)c(F)c1F)C(=O)OC(C)(C)C. The Morgan fingerprint density at radius 1 is 0.471 bits per heavy atom. The molecule has 4 aromatic carbocycles. The van der Waals surface area contributed by atoms with E-state index < -0.39 is 183 Å². The number of ether oxygens (including phenoxy) is 8. The largest absolute Gasteiger partial charge is 0.514 e. The van der Waals surface area contributed by atoms with Gasteiger partial charge in [0.15, 0.2) is 0 Å². The molecule has 30 heteroatoms. The molecule has 0 aliphatic rings. The fourth-order valence-corrected chi connectivity index (χ4v) is 5.10. The summed E-state index contributed by atoms with van der Waals surface area (Å²) in [5.41, 5.74) is -3.04. The molecular formula is C40H27F15N2O13. The second-order valence-electron chi connectivity index (χ2n) is 14.4. The second kappa shape index (κ2) is 22.5. The molecule has 0 radical (unpaired) electrons. The highest BCUT2D eigenvalue weighted by atomic mass is 19.2. The Kier molecular flexibility index (Phi) is 17.6. The number of carbonyl (C=O) groups excluding carboxylic acids is 5. The van der Waals surface area contributed by atoms with Crippen molar-refractivity contribution in [3.8, 4) is 23.0 Å². The molecule has 2 amide bonds. The third-order valence-electron chi connectivity index (χ3n) is 8.25. The van der Waals surface area contributed by atoms with Gasteiger partial charge in [0.2, 0.25) is 105 Å². The zero-order valence-corrected chi connectivity index (χ0v) is 35.3. The number of rotatable bonds is 14. The number of halogens is 15. The Balaban J connectivity index is 1.71. The highest BCUT2D eigenvalue weighted by Crippen LogP contribution is 2.34. The van der Waals surface area contributed by atoms with Crippen LogP contribution in [-0.4, -0.2) is 61.3 Å². The van der Waals surface area contributed by atoms with Gasteiger partial charge in [-0.3, -0.25) is 0 Å². The standard InChI is InChI=1S/C40H27F15N2O13/c1-40(2,3)70-36(59)57(4)7-5-6-56-35(58)66-31-14(11-64-38(61)68-33-27(52)21(46)17(42)22(47)28(33)53)8-13(10-63-37(60)67-32-25(50)19(44)16(41)20(45)26(32)51)9-15(31)12-65-39(62)69-34-29(54)23(48)18(43)24(49)30(34)55/h8-9H,5-7,10-12H2,1-4H3,(H,56,58). The van der Waals surface area contributed by atoms with E-state index in [0.717, 1.165) is 4.90 Å². The zero-order valence-electron chi connectivity index (χ0n) is 35.3. The van der Waals surface area contributed by atoms with E-state index in [1.54, 1.807) is 20.8 Å². The van der Waals surface area contributed by atoms with Crippen molar-refractivity contribution in [1.82, 2.24) is 10.2 Å². The van der Waals surface area contributed by atoms with Gasteiger partial charge in [-0.15, -0.1) is 0 Å². The molecule has 0 unspecified atom stereocenters. The summed E-state index contributed by atoms with van der Waals surface area (Å²) in [6.45, 7) is 0.113. The van der Waals surface area contributed by atoms with Crippen molar-refractivity contribution in [2.75, 3.05) is 20.1 Å². The molecule has 0 atom stereocenters. The molecule has 4 rings (SSSR count). The van der Waals surface area contributed by atoms with Crippen LogP contribution in [0.25, 0.3) is 0 Å². The van der Waals surface area contributed by atoms with E-state index in [-0.39, 0.29) is 19.5 Å². The number of nitrogens with one attached hydrogen (secondary N) is 1. The minimum Gasteiger partial charge on any atom is -0.444 e. The average Bonchev–Trinajstić information content (AvgIpc) is 3.30. The molecule has 0 bridgehead atoms. The van der Waals surface area contributed by atoms with Crippen LogP contribution in [0.5, 0.6) is 23.0 Å². The van der Waals surface area contributed by atoms with Crippen molar-refractivity contribution in [3.05, 3.63) is 116 Å². The smallest absolute Gasteiger partial charge is 0.444 e. The monoisotopic (exact) mass is 1030 g/mol. The van der Waals surface area contributed by atoms with E-state index in [1.165, 1.54) is 7.05 Å². The van der Waals surface area contributed by atoms with Gasteiger partial charge in [-0.1, -0.05) is 0 Å². The summed E-state index contributed by atoms with van der Waals surface area (Å²) in [7, 11) is 1.32. The number of nitrogens with zero attached hydrogens (tertiary/aromatic N) is 1. The summed E-state index contributed by atoms with van der Waals surface area (Å²) in [5, 5.41) is 2.18. The Labute approximate surface area is 380 Å². The number of benzene rings is 4. The molecule has 0 saturated heterocycles. The van der Waals surface area contributed by atoms with E-state index >= 15 is 0 Å². The highest BCUT2D eigenvalue weighted by molar-refractivity contribution is 5.72. The number of hydrogen-bond donors (Lipinski definition) is 1. The van der Waals surface area contributed by atoms with Crippen molar-refractivity contribution < 1.29 is 128 Å². The molecule has 0 aliphatic carbocycles. The van der Waals surface area contributed by atoms with Crippen LogP contribution in [0.3, 0.4) is 0 Å². The Morgan fingerprint density at radius 2 is 0.786 bits per heavy atom. The first-order valence-electron chi connectivity index (χ1n) is 18.7. The van der Waals surface area contributed by atoms with Crippen LogP contribution >= 0.6 is 0 Å². The fourth-order valence-electron chi connectivity index (χ4n) is 5.10. The van der Waals surface area contributed by atoms with Crippen molar-refractivity contribution in [2.45, 2.75) is 52.6 Å². The Morgan fingerprint density at radius 3 is 1.11 bits per heavy atom. The van der Waals surface area contributed by atoms with Gasteiger partial charge in [-0.2, -0.15) is 26.3 Å². The molecule has 380 valence electrons. The van der Waals surface area contributed by atoms with E-state index in [0.29, 0.717) is 12.1 Å². The zero-order chi connectivity index (χ0) is 52.7. The van der Waals surface area contributed by atoms with Crippen molar-refractivity contribution in [1.29, 1.82) is 0 Å². The first kappa shape index (κ1) is 54.8. The molecule has 0 aliphatic heterocycles. The molecule has 0 heterocycles. The van der Waals surface area contributed by atoms with E-state index in [1.807, 2.05) is 0 Å². The third-order valence-corrected chi connectivity index (χ3v) is 8.25. The third kappa shape index (κ3) is 13.0. The van der Waals surface area contributed by atoms with Crippen LogP contribution in [0.15, 0.2) is 12.1 Å². The van der Waals surface area contributed by atoms with Gasteiger partial charge < -0.3 is 48.1 Å². The molecule has 70 heavy (non-hydrogen) atoms. The predicted molar refractivity (Wildman–Crippen MR) is 195 cm³/mol. The van der Waals surface area contributed by atoms with Crippen molar-refractivity contribution >= 4 is 30.7 Å². The van der Waals surface area contributed by atoms with Gasteiger partial charge in [0.05, 0.1) is 0 Å². The lowest BCUT2D eigenvalue weighted by atomic mass is 10.0. The van der Waals surface area contributed by atoms with Crippen LogP contribution in [0, 0.1) is 87.3 Å². The molecule has 0 fully saturated rings. The first-order valence-corrected chi connectivity index (χ1v) is 18.7. The van der Waals surface area contributed by atoms with Gasteiger partial charge in [0.1, 0.15) is 31.2 Å². The van der Waals surface area contributed by atoms with Crippen LogP contribution < -0.4 is 24.3 Å². The number of amides is 2. The lowest BCUT2D eigenvalue weighted by molar-refractivity contribution is 0.0297. The minimum absolute atomic E-state index is 0.0404. The van der Waals surface area contributed by atoms with Gasteiger partial charge in [0.25, 0.3) is 0 Å². The van der Waals surface area contributed by atoms with Crippen LogP contribution in [0.4, 0.5) is 89.8 Å². The molecule has 0 spiro atoms. The average molecular weight is 1030 g/mol. The molecule has 15 nitrogen and oxygen atoms in total. The fraction of sp³-hybridized carbons (Fsp3) is 0.275. The number of carbonyl (C=O) groups is 5. The van der Waals surface area contributed by atoms with Crippen molar-refractivity contribution in [3.63, 3.8) is 0 Å². The maximum atomic E-state index is 14.3. The minimum atomic E-state index is -2.67. The van der Waals surface area contributed by atoms with Gasteiger partial charge in [-0.25, -0.2) is 63.5 Å². The molecule has 0 aromatic heterocycles. The summed E-state index contributed by atoms with van der Waals surface area (Å²) in [5.74, 6) is -47.1. The summed E-state index contributed by atoms with van der Waals surface area (Å²) in [4.78, 5) is 64.0. The molecule has 1 N–H and O–H groups in total. The van der Waals surface area contributed by atoms with Crippen LogP contribution in [0.2, 0.25) is 0 Å². The maximum absolute atomic E-state index is 14.3. The summed E-state index contributed by atoms with van der Waals surface area (Å²) < 4.78 is 245. The molecule has 4 aromatic rings. The number of hydrogen-bond acceptors (Lipinski definition) is 13. The highest BCUT2D eigenvalue weighted by Gasteiger charge is 2.33. The predicted octanol–water partition coefficient (Wildman–Crippen LogP) is 10.3. The van der Waals surface area contributed by atoms with E-state index in [2.05, 4.69) is 33.7 Å². The Bertz CT molecular complexity index is 2540. The van der Waals surface area contributed by atoms with Crippen molar-refractivity contribution in [2.24, 2.45) is 0 Å². The van der Waals surface area contributed by atoms with Crippen LogP contribution in [-0.2, 0) is 38.8 Å². The van der Waals surface area contributed by atoms with Gasteiger partial charge in [0, 0.05) is 31.3 Å². The van der Waals surface area contributed by atoms with E-state index in [9.17, 15) is 89.8 Å². The van der Waals surface area contributed by atoms with Gasteiger partial charge >= 0.3 is 30.7 Å².